The van der Waals surface area contributed by atoms with E-state index in [-0.39, 0.29) is 11.8 Å². The second-order valence-corrected chi connectivity index (χ2v) is 4.17. The fourth-order valence-electron chi connectivity index (χ4n) is 1.83. The number of nitrogens with zero attached hydrogens (tertiary/aromatic N) is 2. The van der Waals surface area contributed by atoms with Crippen molar-refractivity contribution < 1.29 is 9.66 Å². The summed E-state index contributed by atoms with van der Waals surface area (Å²) in [5.74, 6) is 0.456. The highest BCUT2D eigenvalue weighted by Crippen LogP contribution is 2.18. The number of hydrogen-bond acceptors (Lipinski definition) is 5. The molecule has 6 heteroatoms. The molecule has 0 aliphatic rings. The molecular weight excluding hydrogens is 258 g/mol. The molecule has 2 aromatic rings. The van der Waals surface area contributed by atoms with Gasteiger partial charge in [-0.2, -0.15) is 0 Å². The molecule has 0 aliphatic heterocycles. The van der Waals surface area contributed by atoms with Gasteiger partial charge >= 0.3 is 0 Å². The largest absolute Gasteiger partial charge is 0.375 e. The van der Waals surface area contributed by atoms with Gasteiger partial charge < -0.3 is 10.1 Å². The van der Waals surface area contributed by atoms with Gasteiger partial charge in [0.15, 0.2) is 0 Å². The highest BCUT2D eigenvalue weighted by atomic mass is 16.6. The fraction of sp³-hybridized carbons (Fsp3) is 0.214. The van der Waals surface area contributed by atoms with Gasteiger partial charge in [0.1, 0.15) is 5.82 Å². The Hall–Kier alpha value is -2.47. The van der Waals surface area contributed by atoms with Crippen LogP contribution in [0.3, 0.4) is 0 Å². The molecule has 1 aromatic heterocycles. The number of methoxy groups -OCH3 is 1. The zero-order chi connectivity index (χ0) is 14.4. The van der Waals surface area contributed by atoms with Crippen LogP contribution in [-0.4, -0.2) is 23.6 Å². The van der Waals surface area contributed by atoms with Crippen molar-refractivity contribution in [3.8, 4) is 0 Å². The van der Waals surface area contributed by atoms with Crippen LogP contribution in [0, 0.1) is 10.1 Å². The predicted octanol–water partition coefficient (Wildman–Crippen LogP) is 2.79. The number of hydrogen-bond donors (Lipinski definition) is 1. The third kappa shape index (κ3) is 3.52. The molecule has 1 atom stereocenters. The molecule has 0 fully saturated rings. The maximum atomic E-state index is 10.7. The molecule has 0 spiro atoms. The monoisotopic (exact) mass is 273 g/mol. The summed E-state index contributed by atoms with van der Waals surface area (Å²) >= 11 is 0. The van der Waals surface area contributed by atoms with Crippen molar-refractivity contribution in [3.05, 3.63) is 64.3 Å². The first-order chi connectivity index (χ1) is 9.70. The lowest BCUT2D eigenvalue weighted by molar-refractivity contribution is -0.384. The third-order valence-electron chi connectivity index (χ3n) is 2.88. The fourth-order valence-corrected chi connectivity index (χ4v) is 1.83. The van der Waals surface area contributed by atoms with Gasteiger partial charge in [-0.05, 0) is 5.56 Å². The van der Waals surface area contributed by atoms with Gasteiger partial charge in [-0.25, -0.2) is 4.98 Å². The maximum absolute atomic E-state index is 10.7. The van der Waals surface area contributed by atoms with Gasteiger partial charge in [0, 0.05) is 25.9 Å². The van der Waals surface area contributed by atoms with Crippen LogP contribution < -0.4 is 5.32 Å². The molecular formula is C14H15N3O3. The third-order valence-corrected chi connectivity index (χ3v) is 2.88. The average Bonchev–Trinajstić information content (AvgIpc) is 2.49. The number of rotatable bonds is 6. The van der Waals surface area contributed by atoms with Gasteiger partial charge in [-0.15, -0.1) is 0 Å². The average molecular weight is 273 g/mol. The van der Waals surface area contributed by atoms with E-state index in [1.165, 1.54) is 18.3 Å². The Morgan fingerprint density at radius 1 is 1.35 bits per heavy atom. The quantitative estimate of drug-likeness (QED) is 0.646. The van der Waals surface area contributed by atoms with Crippen LogP contribution in [0.4, 0.5) is 11.5 Å². The van der Waals surface area contributed by atoms with Gasteiger partial charge in [-0.3, -0.25) is 10.1 Å². The number of ether oxygens (including phenoxy) is 1. The maximum Gasteiger partial charge on any atom is 0.274 e. The van der Waals surface area contributed by atoms with E-state index in [9.17, 15) is 10.1 Å². The minimum absolute atomic E-state index is 0.0103. The molecule has 0 radical (unpaired) electrons. The normalized spacial score (nSPS) is 11.8. The number of nitrogens with one attached hydrogen (secondary N) is 1. The molecule has 2 rings (SSSR count). The molecule has 1 heterocycles. The molecule has 0 aliphatic carbocycles. The Labute approximate surface area is 116 Å². The van der Waals surface area contributed by atoms with Gasteiger partial charge in [0.25, 0.3) is 5.69 Å². The predicted molar refractivity (Wildman–Crippen MR) is 75.6 cm³/mol. The van der Waals surface area contributed by atoms with E-state index >= 15 is 0 Å². The van der Waals surface area contributed by atoms with Crippen LogP contribution in [0.1, 0.15) is 11.7 Å². The smallest absolute Gasteiger partial charge is 0.274 e. The molecule has 1 unspecified atom stereocenters. The Morgan fingerprint density at radius 3 is 2.75 bits per heavy atom. The zero-order valence-electron chi connectivity index (χ0n) is 11.0. The van der Waals surface area contributed by atoms with Crippen molar-refractivity contribution in [1.82, 2.24) is 4.98 Å². The second kappa shape index (κ2) is 6.63. The van der Waals surface area contributed by atoms with E-state index in [4.69, 9.17) is 4.74 Å². The van der Waals surface area contributed by atoms with Crippen LogP contribution in [0.2, 0.25) is 0 Å². The highest BCUT2D eigenvalue weighted by molar-refractivity contribution is 5.44. The van der Waals surface area contributed by atoms with Crippen LogP contribution in [-0.2, 0) is 4.74 Å². The van der Waals surface area contributed by atoms with Gasteiger partial charge in [0.2, 0.25) is 0 Å². The van der Waals surface area contributed by atoms with E-state index in [0.717, 1.165) is 5.56 Å². The van der Waals surface area contributed by atoms with E-state index in [1.54, 1.807) is 7.11 Å². The lowest BCUT2D eigenvalue weighted by Gasteiger charge is -2.16. The topological polar surface area (TPSA) is 77.3 Å². The first-order valence-corrected chi connectivity index (χ1v) is 6.13. The van der Waals surface area contributed by atoms with Crippen LogP contribution >= 0.6 is 0 Å². The lowest BCUT2D eigenvalue weighted by atomic mass is 10.1. The number of anilines is 1. The summed E-state index contributed by atoms with van der Waals surface area (Å²) in [4.78, 5) is 14.3. The zero-order valence-corrected chi connectivity index (χ0v) is 11.0. The molecule has 104 valence electrons. The molecule has 6 nitrogen and oxygen atoms in total. The Kier molecular flexibility index (Phi) is 4.62. The van der Waals surface area contributed by atoms with Crippen molar-refractivity contribution in [1.29, 1.82) is 0 Å². The highest BCUT2D eigenvalue weighted by Gasteiger charge is 2.11. The summed E-state index contributed by atoms with van der Waals surface area (Å²) in [5.41, 5.74) is 1.05. The first kappa shape index (κ1) is 14.0. The Morgan fingerprint density at radius 2 is 2.10 bits per heavy atom. The molecule has 20 heavy (non-hydrogen) atoms. The summed E-state index contributed by atoms with van der Waals surface area (Å²) in [6.07, 6.45) is 1.27. The van der Waals surface area contributed by atoms with Crippen LogP contribution in [0.5, 0.6) is 0 Å². The van der Waals surface area contributed by atoms with Crippen LogP contribution in [0.15, 0.2) is 48.7 Å². The van der Waals surface area contributed by atoms with E-state index in [1.807, 2.05) is 30.3 Å². The molecule has 0 bridgehead atoms. The van der Waals surface area contributed by atoms with Gasteiger partial charge in [-0.1, -0.05) is 30.3 Å². The van der Waals surface area contributed by atoms with Crippen LogP contribution in [0.25, 0.3) is 0 Å². The lowest BCUT2D eigenvalue weighted by Crippen LogP contribution is -2.15. The van der Waals surface area contributed by atoms with Crippen molar-refractivity contribution in [2.24, 2.45) is 0 Å². The van der Waals surface area contributed by atoms with E-state index in [2.05, 4.69) is 10.3 Å². The minimum atomic E-state index is -0.447. The van der Waals surface area contributed by atoms with E-state index in [0.29, 0.717) is 12.4 Å². The van der Waals surface area contributed by atoms with E-state index < -0.39 is 4.92 Å². The van der Waals surface area contributed by atoms with Crippen molar-refractivity contribution >= 4 is 11.5 Å². The molecule has 1 aromatic carbocycles. The Bertz CT molecular complexity index is 575. The molecule has 0 saturated carbocycles. The summed E-state index contributed by atoms with van der Waals surface area (Å²) in [6, 6.07) is 12.5. The molecule has 0 saturated heterocycles. The van der Waals surface area contributed by atoms with Crippen molar-refractivity contribution in [3.63, 3.8) is 0 Å². The second-order valence-electron chi connectivity index (χ2n) is 4.17. The van der Waals surface area contributed by atoms with Crippen molar-refractivity contribution in [2.75, 3.05) is 19.0 Å². The number of nitro groups is 1. The standard InChI is InChI=1S/C14H15N3O3/c1-20-13(11-5-3-2-4-6-11)10-16-14-9-12(17(18)19)7-8-15-14/h2-9,13H,10H2,1H3,(H,15,16). The molecule has 1 N–H and O–H groups in total. The molecule has 0 amide bonds. The van der Waals surface area contributed by atoms with Gasteiger partial charge in [0.05, 0.1) is 17.1 Å². The number of benzene rings is 1. The summed E-state index contributed by atoms with van der Waals surface area (Å²) in [6.45, 7) is 0.481. The summed E-state index contributed by atoms with van der Waals surface area (Å²) < 4.78 is 5.41. The number of aromatic nitrogens is 1. The number of pyridine rings is 1. The minimum Gasteiger partial charge on any atom is -0.375 e. The van der Waals surface area contributed by atoms with Crippen molar-refractivity contribution in [2.45, 2.75) is 6.10 Å². The summed E-state index contributed by atoms with van der Waals surface area (Å²) in [5, 5.41) is 13.7. The summed E-state index contributed by atoms with van der Waals surface area (Å²) in [7, 11) is 1.63. The first-order valence-electron chi connectivity index (χ1n) is 6.13. The Balaban J connectivity index is 2.03. The SMILES string of the molecule is COC(CNc1cc([N+](=O)[O-])ccn1)c1ccccc1.